The van der Waals surface area contributed by atoms with E-state index in [4.69, 9.17) is 4.74 Å². The Bertz CT molecular complexity index is 177. The van der Waals surface area contributed by atoms with Gasteiger partial charge in [0.2, 0.25) is 0 Å². The van der Waals surface area contributed by atoms with Crippen LogP contribution in [0.3, 0.4) is 0 Å². The highest BCUT2D eigenvalue weighted by Gasteiger charge is 2.20. The Labute approximate surface area is 92.6 Å². The molecule has 1 N–H and O–H groups in total. The Hall–Kier alpha value is -0.160. The van der Waals surface area contributed by atoms with E-state index in [1.165, 1.54) is 32.6 Å². The van der Waals surface area contributed by atoms with Crippen molar-refractivity contribution in [2.45, 2.75) is 12.5 Å². The van der Waals surface area contributed by atoms with Gasteiger partial charge in [0.1, 0.15) is 0 Å². The molecule has 0 aromatic heterocycles. The Morgan fingerprint density at radius 3 is 2.87 bits per heavy atom. The lowest BCUT2D eigenvalue weighted by Crippen LogP contribution is -2.47. The minimum absolute atomic E-state index is 0.660. The average molecular weight is 213 g/mol. The molecule has 2 heterocycles. The third kappa shape index (κ3) is 3.41. The molecule has 0 aliphatic carbocycles. The second kappa shape index (κ2) is 5.80. The number of nitrogens with zero attached hydrogens (tertiary/aromatic N) is 2. The van der Waals surface area contributed by atoms with E-state index in [0.29, 0.717) is 6.04 Å². The van der Waals surface area contributed by atoms with Crippen LogP contribution in [0.25, 0.3) is 0 Å². The predicted molar refractivity (Wildman–Crippen MR) is 61.2 cm³/mol. The number of rotatable bonds is 4. The van der Waals surface area contributed by atoms with Gasteiger partial charge in [-0.15, -0.1) is 0 Å². The Balaban J connectivity index is 1.63. The lowest BCUT2D eigenvalue weighted by molar-refractivity contribution is 0.144. The first kappa shape index (κ1) is 11.3. The molecule has 4 heteroatoms. The molecule has 0 bridgehead atoms. The molecule has 1 unspecified atom stereocenters. The van der Waals surface area contributed by atoms with Crippen molar-refractivity contribution in [3.8, 4) is 0 Å². The minimum atomic E-state index is 0.660. The van der Waals surface area contributed by atoms with E-state index in [2.05, 4.69) is 22.2 Å². The highest BCUT2D eigenvalue weighted by molar-refractivity contribution is 4.75. The van der Waals surface area contributed by atoms with Crippen LogP contribution in [-0.2, 0) is 4.74 Å². The van der Waals surface area contributed by atoms with Crippen LogP contribution in [0.15, 0.2) is 0 Å². The van der Waals surface area contributed by atoms with E-state index >= 15 is 0 Å². The van der Waals surface area contributed by atoms with Crippen LogP contribution in [0.2, 0.25) is 0 Å². The molecule has 0 aromatic carbocycles. The van der Waals surface area contributed by atoms with E-state index in [1.807, 2.05) is 0 Å². The third-order valence-electron chi connectivity index (χ3n) is 3.51. The lowest BCUT2D eigenvalue weighted by Gasteiger charge is -2.30. The van der Waals surface area contributed by atoms with Gasteiger partial charge < -0.3 is 10.1 Å². The Kier molecular flexibility index (Phi) is 4.38. The first-order valence-electron chi connectivity index (χ1n) is 6.07. The summed E-state index contributed by atoms with van der Waals surface area (Å²) in [7, 11) is 2.22. The average Bonchev–Trinajstić information content (AvgIpc) is 2.81. The third-order valence-corrected chi connectivity index (χ3v) is 3.51. The van der Waals surface area contributed by atoms with Gasteiger partial charge in [-0.25, -0.2) is 0 Å². The number of piperazine rings is 1. The van der Waals surface area contributed by atoms with Crippen molar-refractivity contribution in [2.75, 3.05) is 59.5 Å². The molecule has 0 saturated carbocycles. The van der Waals surface area contributed by atoms with Crippen LogP contribution < -0.4 is 5.32 Å². The molecule has 4 nitrogen and oxygen atoms in total. The van der Waals surface area contributed by atoms with Gasteiger partial charge >= 0.3 is 0 Å². The van der Waals surface area contributed by atoms with E-state index in [-0.39, 0.29) is 0 Å². The van der Waals surface area contributed by atoms with Crippen LogP contribution in [0, 0.1) is 0 Å². The summed E-state index contributed by atoms with van der Waals surface area (Å²) >= 11 is 0. The quantitative estimate of drug-likeness (QED) is 0.688. The molecular formula is C11H23N3O. The fourth-order valence-electron chi connectivity index (χ4n) is 2.29. The molecule has 0 aromatic rings. The van der Waals surface area contributed by atoms with Gasteiger partial charge in [-0.1, -0.05) is 0 Å². The Morgan fingerprint density at radius 2 is 2.20 bits per heavy atom. The molecule has 2 saturated heterocycles. The number of likely N-dealkylation sites (N-methyl/N-ethyl adjacent to an activating group) is 1. The topological polar surface area (TPSA) is 27.7 Å². The summed E-state index contributed by atoms with van der Waals surface area (Å²) in [6, 6.07) is 0.660. The summed E-state index contributed by atoms with van der Waals surface area (Å²) in [5, 5.41) is 3.38. The molecule has 0 amide bonds. The zero-order valence-electron chi connectivity index (χ0n) is 9.74. The second-order valence-electron chi connectivity index (χ2n) is 4.59. The van der Waals surface area contributed by atoms with Gasteiger partial charge in [0.25, 0.3) is 0 Å². The molecule has 2 rings (SSSR count). The lowest BCUT2D eigenvalue weighted by atomic mass is 10.2. The normalized spacial score (nSPS) is 28.8. The van der Waals surface area contributed by atoms with Crippen molar-refractivity contribution < 1.29 is 4.74 Å². The van der Waals surface area contributed by atoms with Gasteiger partial charge in [-0.05, 0) is 13.5 Å². The molecule has 2 aliphatic rings. The van der Waals surface area contributed by atoms with E-state index in [0.717, 1.165) is 26.3 Å². The van der Waals surface area contributed by atoms with Gasteiger partial charge in [0.15, 0.2) is 0 Å². The number of hydrogen-bond donors (Lipinski definition) is 1. The van der Waals surface area contributed by atoms with E-state index < -0.39 is 0 Å². The fraction of sp³-hybridized carbons (Fsp3) is 1.00. The van der Waals surface area contributed by atoms with Crippen molar-refractivity contribution in [3.63, 3.8) is 0 Å². The molecule has 0 radical (unpaired) electrons. The minimum Gasteiger partial charge on any atom is -0.380 e. The van der Waals surface area contributed by atoms with Gasteiger partial charge in [-0.3, -0.25) is 9.80 Å². The van der Waals surface area contributed by atoms with Crippen LogP contribution in [-0.4, -0.2) is 75.4 Å². The van der Waals surface area contributed by atoms with Crippen LogP contribution in [0.4, 0.5) is 0 Å². The van der Waals surface area contributed by atoms with Gasteiger partial charge in [-0.2, -0.15) is 0 Å². The highest BCUT2D eigenvalue weighted by Crippen LogP contribution is 2.10. The maximum Gasteiger partial charge on any atom is 0.0622 e. The summed E-state index contributed by atoms with van der Waals surface area (Å²) in [4.78, 5) is 5.00. The summed E-state index contributed by atoms with van der Waals surface area (Å²) in [5.41, 5.74) is 0. The van der Waals surface area contributed by atoms with Gasteiger partial charge in [0, 0.05) is 51.9 Å². The van der Waals surface area contributed by atoms with Crippen LogP contribution in [0.1, 0.15) is 6.42 Å². The number of hydrogen-bond acceptors (Lipinski definition) is 4. The first-order valence-corrected chi connectivity index (χ1v) is 6.07. The molecule has 2 aliphatic heterocycles. The zero-order chi connectivity index (χ0) is 10.5. The molecule has 1 atom stereocenters. The highest BCUT2D eigenvalue weighted by atomic mass is 16.5. The van der Waals surface area contributed by atoms with E-state index in [9.17, 15) is 0 Å². The fourth-order valence-corrected chi connectivity index (χ4v) is 2.29. The standard InChI is InChI=1S/C11H23N3O/c1-13(11-2-9-15-10-11)7-8-14-5-3-12-4-6-14/h11-12H,2-10H2,1H3. The van der Waals surface area contributed by atoms with Crippen molar-refractivity contribution in [1.29, 1.82) is 0 Å². The largest absolute Gasteiger partial charge is 0.380 e. The van der Waals surface area contributed by atoms with Crippen molar-refractivity contribution in [3.05, 3.63) is 0 Å². The molecule has 2 fully saturated rings. The SMILES string of the molecule is CN(CCN1CCNCC1)C1CCOC1. The zero-order valence-corrected chi connectivity index (χ0v) is 9.74. The number of ether oxygens (including phenoxy) is 1. The van der Waals surface area contributed by atoms with Crippen molar-refractivity contribution >= 4 is 0 Å². The van der Waals surface area contributed by atoms with Crippen LogP contribution in [0.5, 0.6) is 0 Å². The summed E-state index contributed by atoms with van der Waals surface area (Å²) in [5.74, 6) is 0. The molecular weight excluding hydrogens is 190 g/mol. The van der Waals surface area contributed by atoms with Gasteiger partial charge in [0.05, 0.1) is 6.61 Å². The molecule has 88 valence electrons. The monoisotopic (exact) mass is 213 g/mol. The second-order valence-corrected chi connectivity index (χ2v) is 4.59. The van der Waals surface area contributed by atoms with E-state index in [1.54, 1.807) is 0 Å². The van der Waals surface area contributed by atoms with Crippen molar-refractivity contribution in [1.82, 2.24) is 15.1 Å². The summed E-state index contributed by atoms with van der Waals surface area (Å²) in [6.07, 6.45) is 1.21. The predicted octanol–water partition coefficient (Wildman–Crippen LogP) is -0.388. The maximum atomic E-state index is 5.40. The smallest absolute Gasteiger partial charge is 0.0622 e. The summed E-state index contributed by atoms with van der Waals surface area (Å²) in [6.45, 7) is 8.96. The molecule has 15 heavy (non-hydrogen) atoms. The summed E-state index contributed by atoms with van der Waals surface area (Å²) < 4.78 is 5.40. The maximum absolute atomic E-state index is 5.40. The Morgan fingerprint density at radius 1 is 1.40 bits per heavy atom. The number of nitrogens with one attached hydrogen (secondary N) is 1. The van der Waals surface area contributed by atoms with Crippen LogP contribution >= 0.6 is 0 Å². The molecule has 0 spiro atoms. The first-order chi connectivity index (χ1) is 7.36. The van der Waals surface area contributed by atoms with Crippen molar-refractivity contribution in [2.24, 2.45) is 0 Å².